The van der Waals surface area contributed by atoms with E-state index in [0.29, 0.717) is 10.9 Å². The maximum Gasteiger partial charge on any atom is 0.146 e. The normalized spacial score (nSPS) is 10.7. The number of fused-ring (bicyclic) bond motifs is 1. The minimum Gasteiger partial charge on any atom is -0.205 e. The van der Waals surface area contributed by atoms with Crippen LogP contribution in [-0.2, 0) is 25.7 Å². The Balaban J connectivity index is 1.40. The standard InChI is InChI=1S/C35H35F/c1-3-5-7-9-28-12-14-29(15-13-28)18-19-31-21-25-34-33(26-31)24-23-32(35(34)36)22-20-30-16-10-27(11-17-30)8-6-4-2/h4,10-17,21,23-26H,2-3,5-9,18-19H2,1H3. The van der Waals surface area contributed by atoms with Crippen LogP contribution in [0.3, 0.4) is 0 Å². The number of aryl methyl sites for hydroxylation is 4. The smallest absolute Gasteiger partial charge is 0.146 e. The third-order valence-electron chi connectivity index (χ3n) is 6.75. The molecule has 0 unspecified atom stereocenters. The molecule has 0 aliphatic rings. The lowest BCUT2D eigenvalue weighted by atomic mass is 9.98. The molecule has 4 aromatic carbocycles. The van der Waals surface area contributed by atoms with Crippen LogP contribution in [0.2, 0.25) is 0 Å². The van der Waals surface area contributed by atoms with Crippen LogP contribution < -0.4 is 0 Å². The molecule has 0 spiro atoms. The predicted molar refractivity (Wildman–Crippen MR) is 152 cm³/mol. The van der Waals surface area contributed by atoms with Gasteiger partial charge in [-0.3, -0.25) is 0 Å². The molecule has 0 aromatic heterocycles. The number of benzene rings is 4. The van der Waals surface area contributed by atoms with Crippen LogP contribution in [0.4, 0.5) is 4.39 Å². The van der Waals surface area contributed by atoms with Gasteiger partial charge in [-0.1, -0.05) is 98.3 Å². The molecule has 0 saturated heterocycles. The molecule has 0 bridgehead atoms. The molecule has 0 amide bonds. The van der Waals surface area contributed by atoms with Crippen molar-refractivity contribution >= 4 is 10.8 Å². The minimum absolute atomic E-state index is 0.243. The number of rotatable bonds is 10. The number of allylic oxidation sites excluding steroid dienone is 1. The Labute approximate surface area is 215 Å². The van der Waals surface area contributed by atoms with E-state index >= 15 is 4.39 Å². The second-order valence-electron chi connectivity index (χ2n) is 9.53. The maximum atomic E-state index is 15.2. The summed E-state index contributed by atoms with van der Waals surface area (Å²) in [7, 11) is 0. The highest BCUT2D eigenvalue weighted by atomic mass is 19.1. The van der Waals surface area contributed by atoms with Crippen LogP contribution in [0.25, 0.3) is 10.8 Å². The molecule has 0 N–H and O–H groups in total. The Hall–Kier alpha value is -3.63. The van der Waals surface area contributed by atoms with Crippen LogP contribution in [0.1, 0.15) is 66.0 Å². The fourth-order valence-corrected chi connectivity index (χ4v) is 4.50. The van der Waals surface area contributed by atoms with Gasteiger partial charge in [-0.15, -0.1) is 6.58 Å². The third kappa shape index (κ3) is 6.96. The van der Waals surface area contributed by atoms with Gasteiger partial charge in [0.2, 0.25) is 0 Å². The van der Waals surface area contributed by atoms with Gasteiger partial charge in [-0.25, -0.2) is 4.39 Å². The van der Waals surface area contributed by atoms with Crippen molar-refractivity contribution in [1.29, 1.82) is 0 Å². The van der Waals surface area contributed by atoms with Gasteiger partial charge in [0.1, 0.15) is 5.82 Å². The van der Waals surface area contributed by atoms with Crippen molar-refractivity contribution in [3.05, 3.63) is 131 Å². The van der Waals surface area contributed by atoms with Crippen molar-refractivity contribution in [3.63, 3.8) is 0 Å². The van der Waals surface area contributed by atoms with Gasteiger partial charge in [-0.2, -0.15) is 0 Å². The molecule has 0 saturated carbocycles. The molecular formula is C35H35F. The Morgan fingerprint density at radius 3 is 2.06 bits per heavy atom. The van der Waals surface area contributed by atoms with E-state index < -0.39 is 0 Å². The Morgan fingerprint density at radius 1 is 0.694 bits per heavy atom. The number of halogens is 1. The van der Waals surface area contributed by atoms with E-state index in [0.717, 1.165) is 36.6 Å². The van der Waals surface area contributed by atoms with Crippen LogP contribution in [0.15, 0.2) is 91.5 Å². The second kappa shape index (κ2) is 12.9. The summed E-state index contributed by atoms with van der Waals surface area (Å²) >= 11 is 0. The molecule has 1 heteroatoms. The summed E-state index contributed by atoms with van der Waals surface area (Å²) in [6.45, 7) is 6.01. The summed E-state index contributed by atoms with van der Waals surface area (Å²) < 4.78 is 15.2. The van der Waals surface area contributed by atoms with E-state index in [1.807, 2.05) is 36.4 Å². The summed E-state index contributed by atoms with van der Waals surface area (Å²) in [5.41, 5.74) is 6.58. The largest absolute Gasteiger partial charge is 0.205 e. The Morgan fingerprint density at radius 2 is 1.33 bits per heavy atom. The molecule has 0 radical (unpaired) electrons. The summed E-state index contributed by atoms with van der Waals surface area (Å²) in [6, 6.07) is 27.0. The molecule has 182 valence electrons. The molecule has 4 aromatic rings. The Bertz CT molecular complexity index is 1350. The molecule has 0 fully saturated rings. The van der Waals surface area contributed by atoms with Crippen LogP contribution in [-0.4, -0.2) is 0 Å². The van der Waals surface area contributed by atoms with E-state index in [4.69, 9.17) is 0 Å². The van der Waals surface area contributed by atoms with Crippen molar-refractivity contribution < 1.29 is 4.39 Å². The SMILES string of the molecule is C=CCCc1ccc(C#Cc2ccc3cc(CCc4ccc(CCCCC)cc4)ccc3c2F)cc1. The van der Waals surface area contributed by atoms with Crippen molar-refractivity contribution in [2.45, 2.75) is 58.3 Å². The van der Waals surface area contributed by atoms with Crippen LogP contribution in [0.5, 0.6) is 0 Å². The lowest BCUT2D eigenvalue weighted by Crippen LogP contribution is -1.94. The first kappa shape index (κ1) is 25.5. The fraction of sp³-hybridized carbons (Fsp3) is 0.257. The van der Waals surface area contributed by atoms with Gasteiger partial charge in [0.25, 0.3) is 0 Å². The van der Waals surface area contributed by atoms with E-state index in [-0.39, 0.29) is 5.82 Å². The molecule has 0 nitrogen and oxygen atoms in total. The monoisotopic (exact) mass is 474 g/mol. The zero-order chi connectivity index (χ0) is 25.2. The first-order valence-corrected chi connectivity index (χ1v) is 13.2. The lowest BCUT2D eigenvalue weighted by Gasteiger charge is -2.07. The van der Waals surface area contributed by atoms with Crippen molar-refractivity contribution in [3.8, 4) is 11.8 Å². The summed E-state index contributed by atoms with van der Waals surface area (Å²) in [4.78, 5) is 0. The van der Waals surface area contributed by atoms with Crippen molar-refractivity contribution in [2.24, 2.45) is 0 Å². The topological polar surface area (TPSA) is 0 Å². The lowest BCUT2D eigenvalue weighted by molar-refractivity contribution is 0.636. The van der Waals surface area contributed by atoms with Crippen molar-refractivity contribution in [2.75, 3.05) is 0 Å². The third-order valence-corrected chi connectivity index (χ3v) is 6.75. The number of hydrogen-bond acceptors (Lipinski definition) is 0. The van der Waals surface area contributed by atoms with Gasteiger partial charge in [-0.05, 0) is 84.4 Å². The highest BCUT2D eigenvalue weighted by molar-refractivity contribution is 5.85. The molecule has 0 aliphatic heterocycles. The minimum atomic E-state index is -0.243. The molecular weight excluding hydrogens is 439 g/mol. The van der Waals surface area contributed by atoms with E-state index in [1.54, 1.807) is 6.07 Å². The van der Waals surface area contributed by atoms with Gasteiger partial charge >= 0.3 is 0 Å². The molecule has 0 heterocycles. The maximum absolute atomic E-state index is 15.2. The van der Waals surface area contributed by atoms with Crippen LogP contribution >= 0.6 is 0 Å². The van der Waals surface area contributed by atoms with Gasteiger partial charge in [0.15, 0.2) is 0 Å². The first-order chi connectivity index (χ1) is 17.7. The number of unbranched alkanes of at least 4 members (excludes halogenated alkanes) is 2. The highest BCUT2D eigenvalue weighted by Gasteiger charge is 2.07. The average Bonchev–Trinajstić information content (AvgIpc) is 2.92. The van der Waals surface area contributed by atoms with Gasteiger partial charge in [0.05, 0.1) is 5.56 Å². The van der Waals surface area contributed by atoms with E-state index in [2.05, 4.69) is 67.8 Å². The van der Waals surface area contributed by atoms with Gasteiger partial charge < -0.3 is 0 Å². The zero-order valence-electron chi connectivity index (χ0n) is 21.3. The first-order valence-electron chi connectivity index (χ1n) is 13.2. The second-order valence-corrected chi connectivity index (χ2v) is 9.53. The molecule has 0 aliphatic carbocycles. The summed E-state index contributed by atoms with van der Waals surface area (Å²) in [6.07, 6.45) is 10.8. The average molecular weight is 475 g/mol. The fourth-order valence-electron chi connectivity index (χ4n) is 4.50. The summed E-state index contributed by atoms with van der Waals surface area (Å²) in [5.74, 6) is 5.89. The zero-order valence-corrected chi connectivity index (χ0v) is 21.3. The van der Waals surface area contributed by atoms with Crippen LogP contribution in [0, 0.1) is 17.7 Å². The highest BCUT2D eigenvalue weighted by Crippen LogP contribution is 2.23. The quantitative estimate of drug-likeness (QED) is 0.122. The van der Waals surface area contributed by atoms with Crippen molar-refractivity contribution in [1.82, 2.24) is 0 Å². The predicted octanol–water partition coefficient (Wildman–Crippen LogP) is 9.02. The van der Waals surface area contributed by atoms with E-state index in [1.165, 1.54) is 47.9 Å². The Kier molecular flexibility index (Phi) is 9.12. The molecule has 4 rings (SSSR count). The molecule has 0 atom stereocenters. The molecule has 36 heavy (non-hydrogen) atoms. The number of hydrogen-bond donors (Lipinski definition) is 0. The van der Waals surface area contributed by atoms with Gasteiger partial charge in [0, 0.05) is 10.9 Å². The summed E-state index contributed by atoms with van der Waals surface area (Å²) in [5, 5.41) is 1.55. The van der Waals surface area contributed by atoms with E-state index in [9.17, 15) is 0 Å².